The van der Waals surface area contributed by atoms with E-state index in [-0.39, 0.29) is 0 Å². The molecule has 0 heterocycles. The van der Waals surface area contributed by atoms with Crippen LogP contribution in [0.15, 0.2) is 0 Å². The fourth-order valence-electron chi connectivity index (χ4n) is 0.657. The molecule has 0 N–H and O–H groups in total. The minimum atomic E-state index is 0.655. The van der Waals surface area contributed by atoms with Gasteiger partial charge in [-0.2, -0.15) is 0 Å². The lowest BCUT2D eigenvalue weighted by molar-refractivity contribution is 0.441. The van der Waals surface area contributed by atoms with Gasteiger partial charge < -0.3 is 0 Å². The number of hydrogen-bond donors (Lipinski definition) is 0. The predicted molar refractivity (Wildman–Crippen MR) is 46.7 cm³/mol. The van der Waals surface area contributed by atoms with Crippen LogP contribution < -0.4 is 0 Å². The molecule has 1 atom stereocenters. The van der Waals surface area contributed by atoms with Gasteiger partial charge in [-0.3, -0.25) is 0 Å². The summed E-state index contributed by atoms with van der Waals surface area (Å²) < 4.78 is 0. The third kappa shape index (κ3) is 4.84. The Hall–Kier alpha value is 0. The summed E-state index contributed by atoms with van der Waals surface area (Å²) in [5, 5.41) is 0. The van der Waals surface area contributed by atoms with E-state index in [0.29, 0.717) is 5.92 Å². The van der Waals surface area contributed by atoms with E-state index in [0.717, 1.165) is 18.3 Å². The van der Waals surface area contributed by atoms with Gasteiger partial charge in [-0.25, -0.2) is 0 Å². The molecule has 0 bridgehead atoms. The van der Waals surface area contributed by atoms with Crippen molar-refractivity contribution in [3.8, 4) is 0 Å². The fourth-order valence-corrected chi connectivity index (χ4v) is 0.657. The lowest BCUT2D eigenvalue weighted by Crippen LogP contribution is -2.05. The monoisotopic (exact) mass is 140 g/mol. The van der Waals surface area contributed by atoms with Crippen molar-refractivity contribution in [2.45, 2.75) is 41.0 Å². The average Bonchev–Trinajstić information content (AvgIpc) is 1.82. The first-order valence-corrected chi connectivity index (χ1v) is 4.27. The van der Waals surface area contributed by atoms with Crippen LogP contribution in [-0.2, 0) is 0 Å². The van der Waals surface area contributed by atoms with Gasteiger partial charge in [0.2, 0.25) is 0 Å². The van der Waals surface area contributed by atoms with Crippen LogP contribution in [0.1, 0.15) is 41.0 Å². The Labute approximate surface area is 66.0 Å². The lowest BCUT2D eigenvalue weighted by Gasteiger charge is -2.15. The Morgan fingerprint density at radius 1 is 1.00 bits per heavy atom. The standard InChI is InChI=1S/C10H20/c1-8(2)6-7-10(5)9(3)4/h8-10H,6H2,1-5H3. The van der Waals surface area contributed by atoms with E-state index < -0.39 is 0 Å². The summed E-state index contributed by atoms with van der Waals surface area (Å²) in [7, 11) is 0. The molecule has 0 aromatic heterocycles. The molecule has 10 heavy (non-hydrogen) atoms. The van der Waals surface area contributed by atoms with Gasteiger partial charge in [0.25, 0.3) is 0 Å². The topological polar surface area (TPSA) is 0 Å². The highest BCUT2D eigenvalue weighted by Crippen LogP contribution is 2.17. The van der Waals surface area contributed by atoms with Crippen LogP contribution >= 0.6 is 0 Å². The second-order valence-electron chi connectivity index (χ2n) is 3.83. The Bertz CT molecular complexity index is 72.1. The largest absolute Gasteiger partial charge is 0.0628 e. The summed E-state index contributed by atoms with van der Waals surface area (Å²) in [5.74, 6) is 2.17. The molecule has 0 aromatic carbocycles. The molecule has 0 fully saturated rings. The van der Waals surface area contributed by atoms with E-state index >= 15 is 0 Å². The molecule has 0 aliphatic carbocycles. The van der Waals surface area contributed by atoms with Gasteiger partial charge in [0.15, 0.2) is 0 Å². The Balaban J connectivity index is 3.30. The molecule has 0 aliphatic heterocycles. The normalized spacial score (nSPS) is 14.7. The smallest absolute Gasteiger partial charge is 0.0137 e. The van der Waals surface area contributed by atoms with Crippen molar-refractivity contribution in [3.63, 3.8) is 0 Å². The van der Waals surface area contributed by atoms with Crippen molar-refractivity contribution in [2.24, 2.45) is 17.8 Å². The predicted octanol–water partition coefficient (Wildman–Crippen LogP) is 3.41. The van der Waals surface area contributed by atoms with E-state index in [1.54, 1.807) is 0 Å². The van der Waals surface area contributed by atoms with Crippen molar-refractivity contribution >= 4 is 0 Å². The molecule has 60 valence electrons. The fraction of sp³-hybridized carbons (Fsp3) is 0.900. The molecular weight excluding hydrogens is 120 g/mol. The van der Waals surface area contributed by atoms with Gasteiger partial charge in [-0.05, 0) is 30.6 Å². The average molecular weight is 140 g/mol. The Morgan fingerprint density at radius 2 is 1.50 bits per heavy atom. The summed E-state index contributed by atoms with van der Waals surface area (Å²) in [6.07, 6.45) is 4.62. The molecule has 2 radical (unpaired) electrons. The minimum absolute atomic E-state index is 0.655. The van der Waals surface area contributed by atoms with E-state index in [4.69, 9.17) is 0 Å². The van der Waals surface area contributed by atoms with Gasteiger partial charge in [-0.15, -0.1) is 0 Å². The van der Waals surface area contributed by atoms with Gasteiger partial charge in [0, 0.05) is 0 Å². The first-order valence-electron chi connectivity index (χ1n) is 4.27. The summed E-state index contributed by atoms with van der Waals surface area (Å²) in [5.41, 5.74) is 0. The van der Waals surface area contributed by atoms with Crippen LogP contribution in [0.3, 0.4) is 0 Å². The van der Waals surface area contributed by atoms with Crippen LogP contribution in [0.4, 0.5) is 0 Å². The Kier molecular flexibility index (Phi) is 4.76. The maximum Gasteiger partial charge on any atom is -0.0137 e. The molecule has 0 saturated heterocycles. The highest BCUT2D eigenvalue weighted by Gasteiger charge is 2.07. The molecule has 0 nitrogen and oxygen atoms in total. The maximum absolute atomic E-state index is 3.48. The van der Waals surface area contributed by atoms with Crippen LogP contribution in [0.25, 0.3) is 0 Å². The van der Waals surface area contributed by atoms with Gasteiger partial charge in [0.05, 0.1) is 0 Å². The van der Waals surface area contributed by atoms with Crippen LogP contribution in [0.2, 0.25) is 0 Å². The molecule has 0 heteroatoms. The maximum atomic E-state index is 3.48. The molecule has 0 saturated carbocycles. The Morgan fingerprint density at radius 3 is 1.80 bits per heavy atom. The van der Waals surface area contributed by atoms with Crippen molar-refractivity contribution in [1.82, 2.24) is 0 Å². The second kappa shape index (κ2) is 4.76. The zero-order chi connectivity index (χ0) is 8.15. The van der Waals surface area contributed by atoms with Crippen molar-refractivity contribution < 1.29 is 0 Å². The third-order valence-electron chi connectivity index (χ3n) is 1.85. The van der Waals surface area contributed by atoms with E-state index in [1.807, 2.05) is 0 Å². The zero-order valence-electron chi connectivity index (χ0n) is 7.94. The van der Waals surface area contributed by atoms with Crippen LogP contribution in [0, 0.1) is 24.2 Å². The van der Waals surface area contributed by atoms with Gasteiger partial charge in [0.1, 0.15) is 0 Å². The highest BCUT2D eigenvalue weighted by molar-refractivity contribution is 4.75. The summed E-state index contributed by atoms with van der Waals surface area (Å²) in [6.45, 7) is 11.2. The molecule has 0 aliphatic rings. The van der Waals surface area contributed by atoms with Gasteiger partial charge >= 0.3 is 0 Å². The van der Waals surface area contributed by atoms with E-state index in [9.17, 15) is 0 Å². The van der Waals surface area contributed by atoms with Crippen LogP contribution in [0.5, 0.6) is 0 Å². The molecule has 0 spiro atoms. The van der Waals surface area contributed by atoms with Crippen LogP contribution in [-0.4, -0.2) is 0 Å². The molecule has 0 rings (SSSR count). The minimum Gasteiger partial charge on any atom is -0.0628 e. The number of hydrogen-bond acceptors (Lipinski definition) is 0. The van der Waals surface area contributed by atoms with E-state index in [2.05, 4.69) is 41.0 Å². The molecular formula is C10H20. The number of rotatable bonds is 4. The first-order chi connectivity index (χ1) is 4.54. The quantitative estimate of drug-likeness (QED) is 0.561. The lowest BCUT2D eigenvalue weighted by atomic mass is 9.91. The zero-order valence-corrected chi connectivity index (χ0v) is 7.94. The van der Waals surface area contributed by atoms with Crippen molar-refractivity contribution in [3.05, 3.63) is 6.42 Å². The van der Waals surface area contributed by atoms with Gasteiger partial charge in [-0.1, -0.05) is 34.6 Å². The van der Waals surface area contributed by atoms with E-state index in [1.165, 1.54) is 0 Å². The molecule has 0 amide bonds. The second-order valence-corrected chi connectivity index (χ2v) is 3.83. The first kappa shape index (κ1) is 10.0. The van der Waals surface area contributed by atoms with Crippen molar-refractivity contribution in [2.75, 3.05) is 0 Å². The SMILES string of the molecule is CC(C)C[C]C(C)C(C)C. The van der Waals surface area contributed by atoms with Crippen molar-refractivity contribution in [1.29, 1.82) is 0 Å². The third-order valence-corrected chi connectivity index (χ3v) is 1.85. The highest BCUT2D eigenvalue weighted by atomic mass is 14.1. The molecule has 1 unspecified atom stereocenters. The summed E-state index contributed by atoms with van der Waals surface area (Å²) in [4.78, 5) is 0. The summed E-state index contributed by atoms with van der Waals surface area (Å²) in [6, 6.07) is 0. The summed E-state index contributed by atoms with van der Waals surface area (Å²) >= 11 is 0. The molecule has 0 aromatic rings.